The van der Waals surface area contributed by atoms with E-state index >= 15 is 0 Å². The molecule has 0 saturated carbocycles. The van der Waals surface area contributed by atoms with E-state index in [0.29, 0.717) is 0 Å². The van der Waals surface area contributed by atoms with Gasteiger partial charge in [-0.15, -0.1) is 11.3 Å². The second kappa shape index (κ2) is 8.48. The molecule has 0 unspecified atom stereocenters. The average Bonchev–Trinajstić information content (AvgIpc) is 3.56. The molecular formula is C26H25N3O3S. The van der Waals surface area contributed by atoms with Gasteiger partial charge in [0.15, 0.2) is 0 Å². The van der Waals surface area contributed by atoms with Gasteiger partial charge in [-0.2, -0.15) is 0 Å². The van der Waals surface area contributed by atoms with Crippen LogP contribution in [-0.4, -0.2) is 29.3 Å². The van der Waals surface area contributed by atoms with Crippen LogP contribution >= 0.6 is 11.3 Å². The van der Waals surface area contributed by atoms with Crippen molar-refractivity contribution < 1.29 is 14.4 Å². The Morgan fingerprint density at radius 3 is 2.64 bits per heavy atom. The standard InChI is InChI=1S/C26H25N3O3S/c1-26(20-13-12-17-9-5-10-19(17)15-20)24(31)29(25(32)28-26)16-22(30)27-23(21-11-6-14-33-21)18-7-3-2-4-8-18/h2-4,6-8,11-15,23H,5,9-10,16H2,1H3,(H,27,30)(H,28,32)/t23-,26+/m1/s1. The first-order valence-corrected chi connectivity index (χ1v) is 12.0. The van der Waals surface area contributed by atoms with Crippen LogP contribution in [0.25, 0.3) is 0 Å². The van der Waals surface area contributed by atoms with E-state index in [-0.39, 0.29) is 18.5 Å². The highest BCUT2D eigenvalue weighted by Crippen LogP contribution is 2.33. The maximum atomic E-state index is 13.3. The normalized spacial score (nSPS) is 20.5. The molecule has 5 rings (SSSR count). The molecule has 168 valence electrons. The minimum atomic E-state index is -1.18. The maximum Gasteiger partial charge on any atom is 0.325 e. The molecule has 2 aliphatic rings. The van der Waals surface area contributed by atoms with Gasteiger partial charge in [0, 0.05) is 4.88 Å². The number of nitrogens with one attached hydrogen (secondary N) is 2. The first kappa shape index (κ1) is 21.4. The first-order valence-electron chi connectivity index (χ1n) is 11.1. The first-order chi connectivity index (χ1) is 16.0. The second-order valence-electron chi connectivity index (χ2n) is 8.71. The van der Waals surface area contributed by atoms with Crippen molar-refractivity contribution in [3.8, 4) is 0 Å². The molecule has 0 bridgehead atoms. The van der Waals surface area contributed by atoms with Crippen molar-refractivity contribution in [1.82, 2.24) is 15.5 Å². The summed E-state index contributed by atoms with van der Waals surface area (Å²) in [5.74, 6) is -0.799. The number of nitrogens with zero attached hydrogens (tertiary/aromatic N) is 1. The molecule has 0 spiro atoms. The van der Waals surface area contributed by atoms with Gasteiger partial charge in [0.25, 0.3) is 5.91 Å². The van der Waals surface area contributed by atoms with Crippen molar-refractivity contribution in [3.05, 3.63) is 93.2 Å². The molecule has 6 nitrogen and oxygen atoms in total. The largest absolute Gasteiger partial charge is 0.343 e. The predicted molar refractivity (Wildman–Crippen MR) is 127 cm³/mol. The van der Waals surface area contributed by atoms with Gasteiger partial charge < -0.3 is 10.6 Å². The third-order valence-corrected chi connectivity index (χ3v) is 7.46. The van der Waals surface area contributed by atoms with Crippen molar-refractivity contribution in [2.24, 2.45) is 0 Å². The highest BCUT2D eigenvalue weighted by Gasteiger charge is 2.49. The number of carbonyl (C=O) groups excluding carboxylic acids is 3. The zero-order valence-corrected chi connectivity index (χ0v) is 19.2. The van der Waals surface area contributed by atoms with Crippen LogP contribution in [0.3, 0.4) is 0 Å². The molecule has 33 heavy (non-hydrogen) atoms. The lowest BCUT2D eigenvalue weighted by molar-refractivity contribution is -0.135. The molecule has 3 aromatic rings. The third-order valence-electron chi connectivity index (χ3n) is 6.52. The lowest BCUT2D eigenvalue weighted by Crippen LogP contribution is -2.44. The summed E-state index contributed by atoms with van der Waals surface area (Å²) in [6.07, 6.45) is 3.14. The summed E-state index contributed by atoms with van der Waals surface area (Å²) in [7, 11) is 0. The van der Waals surface area contributed by atoms with E-state index in [9.17, 15) is 14.4 Å². The Morgan fingerprint density at radius 2 is 1.88 bits per heavy atom. The van der Waals surface area contributed by atoms with E-state index < -0.39 is 17.5 Å². The number of imide groups is 1. The Labute approximate surface area is 196 Å². The van der Waals surface area contributed by atoms with Crippen molar-refractivity contribution in [2.45, 2.75) is 37.8 Å². The molecular weight excluding hydrogens is 434 g/mol. The van der Waals surface area contributed by atoms with E-state index in [1.165, 1.54) is 11.1 Å². The molecule has 7 heteroatoms. The number of fused-ring (bicyclic) bond motifs is 1. The highest BCUT2D eigenvalue weighted by molar-refractivity contribution is 7.10. The van der Waals surface area contributed by atoms with E-state index in [1.807, 2.05) is 66.0 Å². The monoisotopic (exact) mass is 459 g/mol. The maximum absolute atomic E-state index is 13.3. The quantitative estimate of drug-likeness (QED) is 0.549. The molecule has 2 heterocycles. The Balaban J connectivity index is 1.34. The Bertz CT molecular complexity index is 1210. The summed E-state index contributed by atoms with van der Waals surface area (Å²) in [5.41, 5.74) is 3.05. The van der Waals surface area contributed by atoms with Crippen LogP contribution in [0.15, 0.2) is 66.0 Å². The number of carbonyl (C=O) groups is 3. The van der Waals surface area contributed by atoms with Crippen LogP contribution < -0.4 is 10.6 Å². The molecule has 1 fully saturated rings. The van der Waals surface area contributed by atoms with Gasteiger partial charge >= 0.3 is 6.03 Å². The van der Waals surface area contributed by atoms with Gasteiger partial charge in [0.05, 0.1) is 6.04 Å². The van der Waals surface area contributed by atoms with Crippen molar-refractivity contribution in [2.75, 3.05) is 6.54 Å². The summed E-state index contributed by atoms with van der Waals surface area (Å²) < 4.78 is 0. The Hall–Kier alpha value is -3.45. The fourth-order valence-corrected chi connectivity index (χ4v) is 5.49. The minimum Gasteiger partial charge on any atom is -0.343 e. The second-order valence-corrected chi connectivity index (χ2v) is 9.69. The van der Waals surface area contributed by atoms with Gasteiger partial charge in [0.1, 0.15) is 12.1 Å². The fraction of sp³-hybridized carbons (Fsp3) is 0.269. The van der Waals surface area contributed by atoms with Crippen molar-refractivity contribution in [3.63, 3.8) is 0 Å². The van der Waals surface area contributed by atoms with Crippen LogP contribution in [0.2, 0.25) is 0 Å². The Morgan fingerprint density at radius 1 is 1.09 bits per heavy atom. The zero-order chi connectivity index (χ0) is 23.0. The molecule has 0 radical (unpaired) electrons. The van der Waals surface area contributed by atoms with Gasteiger partial charge in [-0.05, 0) is 59.9 Å². The van der Waals surface area contributed by atoms with Gasteiger partial charge in [-0.25, -0.2) is 4.79 Å². The van der Waals surface area contributed by atoms with Gasteiger partial charge in [-0.3, -0.25) is 14.5 Å². The smallest absolute Gasteiger partial charge is 0.325 e. The SMILES string of the molecule is C[C@@]1(c2ccc3c(c2)CCC3)NC(=O)N(CC(=O)N[C@H](c2ccccc2)c2cccs2)C1=O. The number of benzene rings is 2. The molecule has 1 aliphatic heterocycles. The summed E-state index contributed by atoms with van der Waals surface area (Å²) >= 11 is 1.54. The molecule has 2 atom stereocenters. The predicted octanol–water partition coefficient (Wildman–Crippen LogP) is 3.91. The third kappa shape index (κ3) is 3.93. The summed E-state index contributed by atoms with van der Waals surface area (Å²) in [4.78, 5) is 41.0. The van der Waals surface area contributed by atoms with Crippen molar-refractivity contribution in [1.29, 1.82) is 0 Å². The molecule has 1 aromatic heterocycles. The number of urea groups is 1. The lowest BCUT2D eigenvalue weighted by atomic mass is 9.89. The molecule has 1 aliphatic carbocycles. The molecule has 4 amide bonds. The molecule has 2 aromatic carbocycles. The number of hydrogen-bond donors (Lipinski definition) is 2. The fourth-order valence-electron chi connectivity index (χ4n) is 4.69. The van der Waals surface area contributed by atoms with E-state index in [1.54, 1.807) is 18.3 Å². The number of thiophene rings is 1. The zero-order valence-electron chi connectivity index (χ0n) is 18.3. The van der Waals surface area contributed by atoms with Crippen molar-refractivity contribution >= 4 is 29.2 Å². The summed E-state index contributed by atoms with van der Waals surface area (Å²) in [6, 6.07) is 18.6. The molecule has 1 saturated heterocycles. The van der Waals surface area contributed by atoms with E-state index in [0.717, 1.165) is 40.2 Å². The van der Waals surface area contributed by atoms with Gasteiger partial charge in [0.2, 0.25) is 5.91 Å². The summed E-state index contributed by atoms with van der Waals surface area (Å²) in [5, 5.41) is 7.77. The molecule has 2 N–H and O–H groups in total. The minimum absolute atomic E-state index is 0.333. The van der Waals surface area contributed by atoms with E-state index in [4.69, 9.17) is 0 Å². The number of hydrogen-bond acceptors (Lipinski definition) is 4. The lowest BCUT2D eigenvalue weighted by Gasteiger charge is -2.23. The van der Waals surface area contributed by atoms with Crippen LogP contribution in [-0.2, 0) is 28.0 Å². The van der Waals surface area contributed by atoms with Gasteiger partial charge in [-0.1, -0.05) is 54.6 Å². The average molecular weight is 460 g/mol. The highest BCUT2D eigenvalue weighted by atomic mass is 32.1. The topological polar surface area (TPSA) is 78.5 Å². The van der Waals surface area contributed by atoms with Crippen LogP contribution in [0, 0.1) is 0 Å². The Kier molecular flexibility index (Phi) is 5.50. The van der Waals surface area contributed by atoms with Crippen LogP contribution in [0.4, 0.5) is 4.79 Å². The van der Waals surface area contributed by atoms with Crippen LogP contribution in [0.1, 0.15) is 46.5 Å². The number of aryl methyl sites for hydroxylation is 2. The van der Waals surface area contributed by atoms with Crippen LogP contribution in [0.5, 0.6) is 0 Å². The summed E-state index contributed by atoms with van der Waals surface area (Å²) in [6.45, 7) is 1.38. The number of amides is 4. The van der Waals surface area contributed by atoms with E-state index in [2.05, 4.69) is 10.6 Å². The number of rotatable bonds is 6.